The molecule has 2 aliphatic rings. The summed E-state index contributed by atoms with van der Waals surface area (Å²) in [5.74, 6) is 0. The lowest BCUT2D eigenvalue weighted by atomic mass is 10.2. The summed E-state index contributed by atoms with van der Waals surface area (Å²) in [6.07, 6.45) is 4.69. The van der Waals surface area contributed by atoms with E-state index in [4.69, 9.17) is 9.94 Å². The highest BCUT2D eigenvalue weighted by atomic mass is 32.1. The second kappa shape index (κ2) is 8.60. The molecule has 0 unspecified atom stereocenters. The molecule has 0 amide bonds. The van der Waals surface area contributed by atoms with Crippen molar-refractivity contribution in [2.75, 3.05) is 26.3 Å². The first-order chi connectivity index (χ1) is 8.63. The van der Waals surface area contributed by atoms with Gasteiger partial charge in [0.05, 0.1) is 19.3 Å². The number of hydroxylamine groups is 2. The molecule has 2 heterocycles. The van der Waals surface area contributed by atoms with Crippen LogP contribution in [0.4, 0.5) is 0 Å². The van der Waals surface area contributed by atoms with Crippen LogP contribution in [0.15, 0.2) is 0 Å². The van der Waals surface area contributed by atoms with E-state index in [0.29, 0.717) is 6.04 Å². The molecule has 0 aliphatic carbocycles. The number of aliphatic hydroxyl groups excluding tert-OH is 1. The molecule has 106 valence electrons. The molecule has 2 saturated heterocycles. The monoisotopic (exact) mass is 276 g/mol. The fraction of sp³-hybridized carbons (Fsp3) is 0.909. The van der Waals surface area contributed by atoms with E-state index in [-0.39, 0.29) is 17.8 Å². The van der Waals surface area contributed by atoms with Gasteiger partial charge in [0.25, 0.3) is 0 Å². The number of nitrogens with two attached hydrogens (primary N) is 2. The lowest BCUT2D eigenvalue weighted by Crippen LogP contribution is -2.37. The first-order valence-electron chi connectivity index (χ1n) is 6.42. The minimum atomic E-state index is 0.000000000000000222. The molecule has 0 aromatic rings. The summed E-state index contributed by atoms with van der Waals surface area (Å²) in [6.45, 7) is 3.07. The summed E-state index contributed by atoms with van der Waals surface area (Å²) in [5.41, 5.74) is 9.24. The highest BCUT2D eigenvalue weighted by Crippen LogP contribution is 2.17. The first-order valence-corrected chi connectivity index (χ1v) is 6.83. The SMILES string of the molecule is NC(N)=S.OC[C@@H]1CCCN1OC[C@@H]1CCCN1. The van der Waals surface area contributed by atoms with Gasteiger partial charge in [-0.15, -0.1) is 0 Å². The van der Waals surface area contributed by atoms with Crippen molar-refractivity contribution in [3.63, 3.8) is 0 Å². The normalized spacial score (nSPS) is 27.8. The van der Waals surface area contributed by atoms with Crippen LogP contribution in [-0.2, 0) is 4.84 Å². The summed E-state index contributed by atoms with van der Waals surface area (Å²) >= 11 is 4.09. The Labute approximate surface area is 114 Å². The summed E-state index contributed by atoms with van der Waals surface area (Å²) in [4.78, 5) is 5.70. The first kappa shape index (κ1) is 15.6. The van der Waals surface area contributed by atoms with Gasteiger partial charge in [0.15, 0.2) is 5.11 Å². The Morgan fingerprint density at radius 3 is 2.67 bits per heavy atom. The largest absolute Gasteiger partial charge is 0.395 e. The maximum Gasteiger partial charge on any atom is 0.160 e. The molecule has 0 aromatic carbocycles. The molecule has 6 N–H and O–H groups in total. The maximum absolute atomic E-state index is 9.09. The molecule has 0 spiro atoms. The van der Waals surface area contributed by atoms with E-state index in [2.05, 4.69) is 29.0 Å². The Morgan fingerprint density at radius 1 is 1.39 bits per heavy atom. The van der Waals surface area contributed by atoms with Gasteiger partial charge in [0.2, 0.25) is 0 Å². The van der Waals surface area contributed by atoms with Gasteiger partial charge >= 0.3 is 0 Å². The third-order valence-electron chi connectivity index (χ3n) is 3.14. The van der Waals surface area contributed by atoms with Gasteiger partial charge in [0, 0.05) is 12.6 Å². The smallest absolute Gasteiger partial charge is 0.160 e. The minimum absolute atomic E-state index is 0.000000000000000222. The zero-order valence-corrected chi connectivity index (χ0v) is 11.5. The van der Waals surface area contributed by atoms with Crippen LogP contribution in [0.25, 0.3) is 0 Å². The van der Waals surface area contributed by atoms with E-state index in [1.54, 1.807) is 0 Å². The molecule has 7 heteroatoms. The number of rotatable bonds is 4. The lowest BCUT2D eigenvalue weighted by molar-refractivity contribution is -0.179. The number of hydrogen-bond acceptors (Lipinski definition) is 5. The molecule has 2 atom stereocenters. The van der Waals surface area contributed by atoms with Crippen LogP contribution in [0.2, 0.25) is 0 Å². The molecule has 6 nitrogen and oxygen atoms in total. The zero-order chi connectivity index (χ0) is 13.4. The van der Waals surface area contributed by atoms with Gasteiger partial charge < -0.3 is 21.9 Å². The Bertz CT molecular complexity index is 245. The van der Waals surface area contributed by atoms with Crippen LogP contribution in [0, 0.1) is 0 Å². The standard InChI is InChI=1S/C10H20N2O2.CH4N2S/c13-7-10-4-2-6-12(10)14-8-9-3-1-5-11-9;2-1(3)4/h9-11,13H,1-8H2;(H4,2,3,4)/t9-,10-;/m0./s1. The Kier molecular flexibility index (Phi) is 7.45. The second-order valence-electron chi connectivity index (χ2n) is 4.61. The fourth-order valence-corrected chi connectivity index (χ4v) is 2.25. The van der Waals surface area contributed by atoms with E-state index in [9.17, 15) is 0 Å². The third kappa shape index (κ3) is 5.92. The number of nitrogens with one attached hydrogen (secondary N) is 1. The van der Waals surface area contributed by atoms with Gasteiger partial charge in [-0.3, -0.25) is 4.84 Å². The van der Waals surface area contributed by atoms with E-state index >= 15 is 0 Å². The van der Waals surface area contributed by atoms with Crippen LogP contribution >= 0.6 is 12.2 Å². The predicted octanol–water partition coefficient (Wildman–Crippen LogP) is -0.685. The summed E-state index contributed by atoms with van der Waals surface area (Å²) < 4.78 is 0. The average Bonchev–Trinajstić information content (AvgIpc) is 2.96. The van der Waals surface area contributed by atoms with Crippen LogP contribution in [-0.4, -0.2) is 53.7 Å². The highest BCUT2D eigenvalue weighted by Gasteiger charge is 2.25. The molecule has 0 radical (unpaired) electrons. The summed E-state index contributed by atoms with van der Waals surface area (Å²) in [7, 11) is 0. The van der Waals surface area contributed by atoms with Gasteiger partial charge in [-0.1, -0.05) is 0 Å². The summed E-state index contributed by atoms with van der Waals surface area (Å²) in [6, 6.07) is 0.756. The third-order valence-corrected chi connectivity index (χ3v) is 3.14. The topological polar surface area (TPSA) is 96.8 Å². The fourth-order valence-electron chi connectivity index (χ4n) is 2.25. The van der Waals surface area contributed by atoms with E-state index < -0.39 is 0 Å². The zero-order valence-electron chi connectivity index (χ0n) is 10.7. The van der Waals surface area contributed by atoms with Crippen molar-refractivity contribution in [2.24, 2.45) is 11.5 Å². The summed E-state index contributed by atoms with van der Waals surface area (Å²) in [5, 5.41) is 14.4. The quantitative estimate of drug-likeness (QED) is 0.505. The number of thiocarbonyl (C=S) groups is 1. The van der Waals surface area contributed by atoms with Gasteiger partial charge in [0.1, 0.15) is 0 Å². The van der Waals surface area contributed by atoms with Crippen LogP contribution in [0.3, 0.4) is 0 Å². The Hall–Kier alpha value is -0.470. The molecule has 18 heavy (non-hydrogen) atoms. The van der Waals surface area contributed by atoms with Crippen molar-refractivity contribution in [2.45, 2.75) is 37.8 Å². The van der Waals surface area contributed by atoms with E-state index in [1.165, 1.54) is 12.8 Å². The van der Waals surface area contributed by atoms with Crippen molar-refractivity contribution in [1.29, 1.82) is 0 Å². The van der Waals surface area contributed by atoms with E-state index in [0.717, 1.165) is 32.5 Å². The van der Waals surface area contributed by atoms with Gasteiger partial charge in [-0.2, -0.15) is 5.06 Å². The molecule has 2 rings (SSSR count). The average molecular weight is 276 g/mol. The highest BCUT2D eigenvalue weighted by molar-refractivity contribution is 7.80. The van der Waals surface area contributed by atoms with Crippen molar-refractivity contribution in [3.05, 3.63) is 0 Å². The second-order valence-corrected chi connectivity index (χ2v) is 5.08. The van der Waals surface area contributed by atoms with Crippen molar-refractivity contribution in [3.8, 4) is 0 Å². The maximum atomic E-state index is 9.09. The molecule has 0 saturated carbocycles. The van der Waals surface area contributed by atoms with Crippen molar-refractivity contribution >= 4 is 17.3 Å². The number of nitrogens with zero attached hydrogens (tertiary/aromatic N) is 1. The van der Waals surface area contributed by atoms with Crippen LogP contribution in [0.1, 0.15) is 25.7 Å². The van der Waals surface area contributed by atoms with Crippen molar-refractivity contribution in [1.82, 2.24) is 10.4 Å². The predicted molar refractivity (Wildman–Crippen MR) is 74.8 cm³/mol. The molecular weight excluding hydrogens is 252 g/mol. The molecule has 0 aromatic heterocycles. The number of aliphatic hydroxyl groups is 1. The van der Waals surface area contributed by atoms with Crippen molar-refractivity contribution < 1.29 is 9.94 Å². The lowest BCUT2D eigenvalue weighted by Gasteiger charge is -2.23. The van der Waals surface area contributed by atoms with Gasteiger partial charge in [-0.05, 0) is 44.4 Å². The molecule has 2 fully saturated rings. The Morgan fingerprint density at radius 2 is 2.11 bits per heavy atom. The minimum Gasteiger partial charge on any atom is -0.395 e. The van der Waals surface area contributed by atoms with Gasteiger partial charge in [-0.25, -0.2) is 0 Å². The van der Waals surface area contributed by atoms with Crippen LogP contribution < -0.4 is 16.8 Å². The number of hydrogen-bond donors (Lipinski definition) is 4. The Balaban J connectivity index is 0.000000357. The van der Waals surface area contributed by atoms with Crippen LogP contribution in [0.5, 0.6) is 0 Å². The van der Waals surface area contributed by atoms with E-state index in [1.807, 2.05) is 5.06 Å². The molecular formula is C11H24N4O2S. The molecule has 2 aliphatic heterocycles. The molecule has 0 bridgehead atoms.